The Labute approximate surface area is 136 Å². The van der Waals surface area contributed by atoms with Gasteiger partial charge in [0.05, 0.1) is 0 Å². The molecular weight excluding hydrogens is 354 g/mol. The van der Waals surface area contributed by atoms with Crippen molar-refractivity contribution in [2.24, 2.45) is 0 Å². The predicted molar refractivity (Wildman–Crippen MR) is 91.6 cm³/mol. The van der Waals surface area contributed by atoms with Crippen LogP contribution in [0.1, 0.15) is 96.3 Å². The van der Waals surface area contributed by atoms with E-state index in [1.165, 1.54) is 13.2 Å². The molecular formula is C18H36PPd. The van der Waals surface area contributed by atoms with Crippen LogP contribution in [-0.4, -0.2) is 0 Å². The van der Waals surface area contributed by atoms with E-state index in [9.17, 15) is 0 Å². The Bertz CT molecular complexity index is 207. The SMILES string of the molecule is C1CC[CH]([Pd]([CH]2CCCCC2)[CH]2CCCCC2)CC1.P. The Morgan fingerprint density at radius 2 is 0.650 bits per heavy atom. The van der Waals surface area contributed by atoms with Crippen LogP contribution in [0.15, 0.2) is 0 Å². The zero-order valence-corrected chi connectivity index (χ0v) is 16.3. The molecule has 3 aliphatic carbocycles. The average molecular weight is 390 g/mol. The van der Waals surface area contributed by atoms with E-state index < -0.39 is 0 Å². The van der Waals surface area contributed by atoms with E-state index in [1.54, 1.807) is 96.3 Å². The molecule has 3 aliphatic rings. The van der Waals surface area contributed by atoms with Gasteiger partial charge in [0.2, 0.25) is 0 Å². The zero-order valence-electron chi connectivity index (χ0n) is 13.4. The molecule has 0 spiro atoms. The smallest absolute Gasteiger partial charge is 0.153 e. The van der Waals surface area contributed by atoms with Crippen molar-refractivity contribution >= 4 is 9.90 Å². The third kappa shape index (κ3) is 4.54. The maximum atomic E-state index is 1.63. The third-order valence-corrected chi connectivity index (χ3v) is 12.5. The summed E-state index contributed by atoms with van der Waals surface area (Å²) in [5.74, 6) is 0. The third-order valence-electron chi connectivity index (χ3n) is 5.39. The van der Waals surface area contributed by atoms with Crippen LogP contribution >= 0.6 is 9.90 Å². The van der Waals surface area contributed by atoms with Crippen molar-refractivity contribution in [2.45, 2.75) is 109 Å². The van der Waals surface area contributed by atoms with Gasteiger partial charge in [-0.15, -0.1) is 0 Å². The molecule has 0 radical (unpaired) electrons. The fraction of sp³-hybridized carbons (Fsp3) is 1.00. The van der Waals surface area contributed by atoms with Gasteiger partial charge in [0.1, 0.15) is 0 Å². The van der Waals surface area contributed by atoms with Crippen LogP contribution in [0.2, 0.25) is 13.2 Å². The quantitative estimate of drug-likeness (QED) is 0.363. The molecule has 123 valence electrons. The normalized spacial score (nSPS) is 27.9. The largest absolute Gasteiger partial charge is 0.153 e. The fourth-order valence-corrected chi connectivity index (χ4v) is 12.5. The molecule has 20 heavy (non-hydrogen) atoms. The molecule has 3 fully saturated rings. The fourth-order valence-electron chi connectivity index (χ4n) is 4.35. The van der Waals surface area contributed by atoms with Gasteiger partial charge in [-0.1, -0.05) is 0 Å². The second kappa shape index (κ2) is 9.28. The van der Waals surface area contributed by atoms with E-state index in [0.29, 0.717) is 0 Å². The van der Waals surface area contributed by atoms with Crippen LogP contribution in [-0.2, 0) is 16.8 Å². The minimum atomic E-state index is -0.219. The van der Waals surface area contributed by atoms with Gasteiger partial charge < -0.3 is 0 Å². The van der Waals surface area contributed by atoms with Crippen molar-refractivity contribution in [3.8, 4) is 0 Å². The molecule has 3 saturated carbocycles. The molecule has 0 aliphatic heterocycles. The van der Waals surface area contributed by atoms with Crippen molar-refractivity contribution < 1.29 is 16.8 Å². The van der Waals surface area contributed by atoms with Crippen LogP contribution in [0.3, 0.4) is 0 Å². The van der Waals surface area contributed by atoms with E-state index in [0.717, 1.165) is 0 Å². The van der Waals surface area contributed by atoms with Crippen molar-refractivity contribution in [1.29, 1.82) is 0 Å². The summed E-state index contributed by atoms with van der Waals surface area (Å²) in [5, 5.41) is 0. The minimum absolute atomic E-state index is 0. The summed E-state index contributed by atoms with van der Waals surface area (Å²) in [6.07, 6.45) is 23.9. The van der Waals surface area contributed by atoms with Crippen molar-refractivity contribution in [1.82, 2.24) is 0 Å². The number of rotatable bonds is 3. The molecule has 1 atom stereocenters. The monoisotopic (exact) mass is 389 g/mol. The summed E-state index contributed by atoms with van der Waals surface area (Å²) in [6, 6.07) is 0. The van der Waals surface area contributed by atoms with Gasteiger partial charge in [0.25, 0.3) is 0 Å². The molecule has 0 saturated heterocycles. The summed E-state index contributed by atoms with van der Waals surface area (Å²) in [4.78, 5) is 0. The van der Waals surface area contributed by atoms with Gasteiger partial charge in [0, 0.05) is 0 Å². The molecule has 0 bridgehead atoms. The van der Waals surface area contributed by atoms with E-state index in [4.69, 9.17) is 0 Å². The Balaban J connectivity index is 0.00000147. The number of hydrogen-bond acceptors (Lipinski definition) is 0. The first-order valence-corrected chi connectivity index (χ1v) is 11.7. The first-order chi connectivity index (χ1) is 9.45. The molecule has 1 unspecified atom stereocenters. The van der Waals surface area contributed by atoms with Crippen LogP contribution < -0.4 is 0 Å². The van der Waals surface area contributed by atoms with Crippen molar-refractivity contribution in [2.75, 3.05) is 0 Å². The first kappa shape index (κ1) is 17.4. The molecule has 0 nitrogen and oxygen atoms in total. The van der Waals surface area contributed by atoms with Gasteiger partial charge >= 0.3 is 126 Å². The molecule has 3 rings (SSSR count). The Morgan fingerprint density at radius 1 is 0.400 bits per heavy atom. The summed E-state index contributed by atoms with van der Waals surface area (Å²) in [5.41, 5.74) is 0. The molecule has 0 heterocycles. The average Bonchev–Trinajstić information content (AvgIpc) is 2.51. The second-order valence-electron chi connectivity index (χ2n) is 6.87. The van der Waals surface area contributed by atoms with Gasteiger partial charge in [-0.3, -0.25) is 0 Å². The Kier molecular flexibility index (Phi) is 8.10. The van der Waals surface area contributed by atoms with Crippen molar-refractivity contribution in [3.05, 3.63) is 0 Å². The Hall–Kier alpha value is 1.09. The summed E-state index contributed by atoms with van der Waals surface area (Å²) in [7, 11) is 0. The van der Waals surface area contributed by atoms with E-state index in [2.05, 4.69) is 0 Å². The summed E-state index contributed by atoms with van der Waals surface area (Å²) >= 11 is -0.219. The van der Waals surface area contributed by atoms with Crippen molar-refractivity contribution in [3.63, 3.8) is 0 Å². The summed E-state index contributed by atoms with van der Waals surface area (Å²) < 4.78 is 3.72. The molecule has 2 heteroatoms. The molecule has 0 aromatic heterocycles. The van der Waals surface area contributed by atoms with E-state index >= 15 is 0 Å². The summed E-state index contributed by atoms with van der Waals surface area (Å²) in [6.45, 7) is 0. The standard InChI is InChI=1S/3C6H11.H3P.Pd/c3*1-2-4-6-5-3-1;;/h3*1H,2-6H2;1H3;. The number of hydrogen-bond donors (Lipinski definition) is 0. The van der Waals surface area contributed by atoms with E-state index in [-0.39, 0.29) is 26.7 Å². The van der Waals surface area contributed by atoms with Crippen LogP contribution in [0.4, 0.5) is 0 Å². The Morgan fingerprint density at radius 3 is 0.900 bits per heavy atom. The van der Waals surface area contributed by atoms with Gasteiger partial charge in [-0.05, 0) is 0 Å². The zero-order chi connectivity index (χ0) is 12.9. The molecule has 0 N–H and O–H groups in total. The van der Waals surface area contributed by atoms with Gasteiger partial charge in [-0.2, -0.15) is 9.90 Å². The van der Waals surface area contributed by atoms with Crippen LogP contribution in [0.25, 0.3) is 0 Å². The van der Waals surface area contributed by atoms with Gasteiger partial charge in [-0.25, -0.2) is 0 Å². The maximum Gasteiger partial charge on any atom is -0.153 e. The maximum absolute atomic E-state index is 1.63. The first-order valence-electron chi connectivity index (χ1n) is 9.00. The van der Waals surface area contributed by atoms with Gasteiger partial charge in [0.15, 0.2) is 0 Å². The molecule has 0 amide bonds. The topological polar surface area (TPSA) is 0 Å². The van der Waals surface area contributed by atoms with E-state index in [1.807, 2.05) is 0 Å². The second-order valence-corrected chi connectivity index (χ2v) is 12.2. The van der Waals surface area contributed by atoms with Crippen LogP contribution in [0.5, 0.6) is 0 Å². The predicted octanol–water partition coefficient (Wildman–Crippen LogP) is 6.92. The van der Waals surface area contributed by atoms with Crippen LogP contribution in [0, 0.1) is 0 Å². The molecule has 0 aromatic carbocycles. The molecule has 0 aromatic rings. The minimum Gasteiger partial charge on any atom is -0.153 e.